The molecule has 0 atom stereocenters. The summed E-state index contributed by atoms with van der Waals surface area (Å²) in [7, 11) is 0. The first-order valence-electron chi connectivity index (χ1n) is 7.20. The Bertz CT molecular complexity index is 172. The van der Waals surface area contributed by atoms with Crippen LogP contribution in [0.3, 0.4) is 0 Å². The molecule has 1 saturated carbocycles. The summed E-state index contributed by atoms with van der Waals surface area (Å²) < 4.78 is 0. The molecule has 0 aromatic rings. The summed E-state index contributed by atoms with van der Waals surface area (Å²) in [5.41, 5.74) is 6.32. The van der Waals surface area contributed by atoms with Crippen molar-refractivity contribution in [1.29, 1.82) is 0 Å². The van der Waals surface area contributed by atoms with Gasteiger partial charge in [-0.2, -0.15) is 0 Å². The molecule has 2 heteroatoms. The van der Waals surface area contributed by atoms with E-state index in [0.717, 1.165) is 31.7 Å². The van der Waals surface area contributed by atoms with Gasteiger partial charge in [0.1, 0.15) is 0 Å². The molecule has 1 rings (SSSR count). The Kier molecular flexibility index (Phi) is 6.37. The number of rotatable bonds is 10. The highest BCUT2D eigenvalue weighted by Gasteiger charge is 2.20. The Morgan fingerprint density at radius 2 is 1.81 bits per heavy atom. The molecule has 0 radical (unpaired) electrons. The summed E-state index contributed by atoms with van der Waals surface area (Å²) >= 11 is 0. The van der Waals surface area contributed by atoms with Crippen molar-refractivity contribution in [3.05, 3.63) is 0 Å². The van der Waals surface area contributed by atoms with E-state index in [1.54, 1.807) is 0 Å². The van der Waals surface area contributed by atoms with Crippen LogP contribution in [0.5, 0.6) is 0 Å². The van der Waals surface area contributed by atoms with Crippen LogP contribution in [0, 0.1) is 5.92 Å². The van der Waals surface area contributed by atoms with Gasteiger partial charge >= 0.3 is 0 Å². The fourth-order valence-electron chi connectivity index (χ4n) is 2.16. The maximum atomic E-state index is 6.25. The van der Waals surface area contributed by atoms with Crippen molar-refractivity contribution in [2.75, 3.05) is 13.1 Å². The van der Waals surface area contributed by atoms with Crippen LogP contribution >= 0.6 is 0 Å². The summed E-state index contributed by atoms with van der Waals surface area (Å²) in [6.45, 7) is 6.65. The zero-order valence-electron chi connectivity index (χ0n) is 11.2. The minimum atomic E-state index is 0.0704. The lowest BCUT2D eigenvalue weighted by Gasteiger charge is -2.26. The lowest BCUT2D eigenvalue weighted by Crippen LogP contribution is -2.41. The molecule has 0 aromatic heterocycles. The molecule has 0 saturated heterocycles. The van der Waals surface area contributed by atoms with E-state index >= 15 is 0 Å². The molecule has 1 fully saturated rings. The highest BCUT2D eigenvalue weighted by molar-refractivity contribution is 4.81. The van der Waals surface area contributed by atoms with Crippen molar-refractivity contribution in [3.63, 3.8) is 0 Å². The fraction of sp³-hybridized carbons (Fsp3) is 1.00. The molecule has 16 heavy (non-hydrogen) atoms. The SMILES string of the molecule is CCC(N)(CC)CCNCCCCC1CC1. The van der Waals surface area contributed by atoms with Gasteiger partial charge in [-0.25, -0.2) is 0 Å². The lowest BCUT2D eigenvalue weighted by atomic mass is 9.90. The van der Waals surface area contributed by atoms with Gasteiger partial charge in [0.15, 0.2) is 0 Å². The largest absolute Gasteiger partial charge is 0.325 e. The minimum Gasteiger partial charge on any atom is -0.325 e. The van der Waals surface area contributed by atoms with Gasteiger partial charge in [0, 0.05) is 5.54 Å². The van der Waals surface area contributed by atoms with Crippen molar-refractivity contribution in [3.8, 4) is 0 Å². The molecule has 0 amide bonds. The highest BCUT2D eigenvalue weighted by atomic mass is 14.9. The average molecular weight is 226 g/mol. The van der Waals surface area contributed by atoms with Gasteiger partial charge in [0.25, 0.3) is 0 Å². The molecule has 3 N–H and O–H groups in total. The number of nitrogens with one attached hydrogen (secondary N) is 1. The molecule has 1 aliphatic carbocycles. The monoisotopic (exact) mass is 226 g/mol. The van der Waals surface area contributed by atoms with Gasteiger partial charge in [-0.1, -0.05) is 39.5 Å². The quantitative estimate of drug-likeness (QED) is 0.562. The smallest absolute Gasteiger partial charge is 0.0161 e. The Morgan fingerprint density at radius 3 is 2.38 bits per heavy atom. The Morgan fingerprint density at radius 1 is 1.12 bits per heavy atom. The normalized spacial score (nSPS) is 16.7. The average Bonchev–Trinajstić information content (AvgIpc) is 3.11. The molecule has 1 aliphatic rings. The van der Waals surface area contributed by atoms with Gasteiger partial charge in [-0.3, -0.25) is 0 Å². The summed E-state index contributed by atoms with van der Waals surface area (Å²) in [5.74, 6) is 1.09. The van der Waals surface area contributed by atoms with E-state index in [9.17, 15) is 0 Å². The second kappa shape index (κ2) is 7.29. The topological polar surface area (TPSA) is 38.0 Å². The highest BCUT2D eigenvalue weighted by Crippen LogP contribution is 2.33. The number of unbranched alkanes of at least 4 members (excludes halogenated alkanes) is 1. The molecule has 2 nitrogen and oxygen atoms in total. The third kappa shape index (κ3) is 5.86. The Balaban J connectivity index is 1.86. The van der Waals surface area contributed by atoms with Gasteiger partial charge in [0.05, 0.1) is 0 Å². The minimum absolute atomic E-state index is 0.0704. The van der Waals surface area contributed by atoms with Crippen LogP contribution in [-0.2, 0) is 0 Å². The molecule has 0 aromatic carbocycles. The van der Waals surface area contributed by atoms with Crippen molar-refractivity contribution >= 4 is 0 Å². The van der Waals surface area contributed by atoms with E-state index < -0.39 is 0 Å². The van der Waals surface area contributed by atoms with Crippen LogP contribution in [-0.4, -0.2) is 18.6 Å². The van der Waals surface area contributed by atoms with E-state index in [0.29, 0.717) is 0 Å². The zero-order chi connectivity index (χ0) is 11.9. The Hall–Kier alpha value is -0.0800. The van der Waals surface area contributed by atoms with Gasteiger partial charge in [-0.05, 0) is 44.7 Å². The van der Waals surface area contributed by atoms with Crippen LogP contribution in [0.4, 0.5) is 0 Å². The third-order valence-electron chi connectivity index (χ3n) is 4.12. The first-order chi connectivity index (χ1) is 7.70. The molecule has 96 valence electrons. The molecular formula is C14H30N2. The second-order valence-electron chi connectivity index (χ2n) is 5.51. The standard InChI is InChI=1S/C14H30N2/c1-3-14(15,4-2)10-12-16-11-6-5-7-13-8-9-13/h13,16H,3-12,15H2,1-2H3. The molecule has 0 aliphatic heterocycles. The second-order valence-corrected chi connectivity index (χ2v) is 5.51. The van der Waals surface area contributed by atoms with Gasteiger partial charge in [0.2, 0.25) is 0 Å². The van der Waals surface area contributed by atoms with Crippen LogP contribution in [0.25, 0.3) is 0 Å². The van der Waals surface area contributed by atoms with Crippen molar-refractivity contribution in [2.45, 2.75) is 70.8 Å². The molecular weight excluding hydrogens is 196 g/mol. The zero-order valence-corrected chi connectivity index (χ0v) is 11.2. The van der Waals surface area contributed by atoms with Crippen molar-refractivity contribution < 1.29 is 0 Å². The van der Waals surface area contributed by atoms with Crippen molar-refractivity contribution in [2.24, 2.45) is 11.7 Å². The number of hydrogen-bond donors (Lipinski definition) is 2. The van der Waals surface area contributed by atoms with Gasteiger partial charge in [-0.15, -0.1) is 0 Å². The molecule has 0 unspecified atom stereocenters. The number of nitrogens with two attached hydrogens (primary N) is 1. The lowest BCUT2D eigenvalue weighted by molar-refractivity contribution is 0.358. The van der Waals surface area contributed by atoms with E-state index in [-0.39, 0.29) is 5.54 Å². The van der Waals surface area contributed by atoms with E-state index in [2.05, 4.69) is 19.2 Å². The summed E-state index contributed by atoms with van der Waals surface area (Å²) in [5, 5.41) is 3.52. The van der Waals surface area contributed by atoms with E-state index in [1.165, 1.54) is 38.6 Å². The van der Waals surface area contributed by atoms with Crippen LogP contribution in [0.2, 0.25) is 0 Å². The van der Waals surface area contributed by atoms with Crippen molar-refractivity contribution in [1.82, 2.24) is 5.32 Å². The van der Waals surface area contributed by atoms with Gasteiger partial charge < -0.3 is 11.1 Å². The van der Waals surface area contributed by atoms with E-state index in [1.807, 2.05) is 0 Å². The maximum absolute atomic E-state index is 6.25. The van der Waals surface area contributed by atoms with Crippen LogP contribution in [0.1, 0.15) is 65.2 Å². The van der Waals surface area contributed by atoms with Crippen LogP contribution < -0.4 is 11.1 Å². The Labute approximate surface area is 101 Å². The number of hydrogen-bond acceptors (Lipinski definition) is 2. The molecule has 0 bridgehead atoms. The summed E-state index contributed by atoms with van der Waals surface area (Å²) in [4.78, 5) is 0. The fourth-order valence-corrected chi connectivity index (χ4v) is 2.16. The first-order valence-corrected chi connectivity index (χ1v) is 7.20. The first kappa shape index (κ1) is 14.0. The third-order valence-corrected chi connectivity index (χ3v) is 4.12. The van der Waals surface area contributed by atoms with Crippen LogP contribution in [0.15, 0.2) is 0 Å². The summed E-state index contributed by atoms with van der Waals surface area (Å²) in [6, 6.07) is 0. The molecule has 0 heterocycles. The van der Waals surface area contributed by atoms with E-state index in [4.69, 9.17) is 5.73 Å². The maximum Gasteiger partial charge on any atom is 0.0161 e. The molecule has 0 spiro atoms. The predicted octanol–water partition coefficient (Wildman–Crippen LogP) is 3.06. The predicted molar refractivity (Wildman–Crippen MR) is 71.6 cm³/mol. The summed E-state index contributed by atoms with van der Waals surface area (Å²) in [6.07, 6.45) is 10.5.